The molecule has 0 aliphatic heterocycles. The molecule has 23 nitrogen and oxygen atoms in total. The Balaban J connectivity index is 1.63. The van der Waals surface area contributed by atoms with Crippen LogP contribution in [-0.4, -0.2) is 141 Å². The third kappa shape index (κ3) is 18.6. The zero-order valence-electron chi connectivity index (χ0n) is 35.7. The van der Waals surface area contributed by atoms with E-state index < -0.39 is 115 Å². The Labute approximate surface area is 373 Å². The van der Waals surface area contributed by atoms with Crippen molar-refractivity contribution in [3.05, 3.63) is 90.0 Å². The number of aliphatic carboxylic acids is 2. The number of aromatic amines is 1. The summed E-state index contributed by atoms with van der Waals surface area (Å²) in [6, 6.07) is 7.40. The number of hydrogen-bond donors (Lipinski definition) is 13. The number of aromatic nitrogens is 2. The van der Waals surface area contributed by atoms with E-state index in [1.165, 1.54) is 19.4 Å². The highest BCUT2D eigenvalue weighted by Gasteiger charge is 2.33. The Morgan fingerprint density at radius 1 is 0.646 bits per heavy atom. The molecule has 15 N–H and O–H groups in total. The molecule has 7 amide bonds. The number of carboxylic acid groups (broad SMARTS) is 2. The molecule has 23 heteroatoms. The Morgan fingerprint density at radius 2 is 1.22 bits per heavy atom. The molecule has 1 heterocycles. The molecule has 1 aromatic heterocycles. The second kappa shape index (κ2) is 27.1. The van der Waals surface area contributed by atoms with Crippen LogP contribution in [0.3, 0.4) is 0 Å². The number of H-pyrrole nitrogens is 1. The molecular formula is C42H57N11O12. The van der Waals surface area contributed by atoms with E-state index in [1.54, 1.807) is 60.7 Å². The van der Waals surface area contributed by atoms with E-state index in [0.717, 1.165) is 5.56 Å². The molecule has 0 saturated carbocycles. The molecule has 0 fully saturated rings. The Kier molecular flexibility index (Phi) is 21.7. The summed E-state index contributed by atoms with van der Waals surface area (Å²) in [4.78, 5) is 123. The largest absolute Gasteiger partial charge is 0.481 e. The minimum atomic E-state index is -1.81. The van der Waals surface area contributed by atoms with Gasteiger partial charge in [-0.3, -0.25) is 38.4 Å². The molecule has 0 unspecified atom stereocenters. The molecule has 0 radical (unpaired) electrons. The van der Waals surface area contributed by atoms with Crippen molar-refractivity contribution < 1.29 is 58.5 Å². The Morgan fingerprint density at radius 3 is 1.78 bits per heavy atom. The maximum atomic E-state index is 13.5. The monoisotopic (exact) mass is 907 g/mol. The van der Waals surface area contributed by atoms with Crippen LogP contribution in [0.2, 0.25) is 0 Å². The number of aliphatic hydroxyl groups is 1. The van der Waals surface area contributed by atoms with Gasteiger partial charge in [-0.15, -0.1) is 0 Å². The fraction of sp³-hybridized carbons (Fsp3) is 0.429. The third-order valence-corrected chi connectivity index (χ3v) is 9.73. The molecular weight excluding hydrogens is 851 g/mol. The minimum Gasteiger partial charge on any atom is -0.481 e. The summed E-state index contributed by atoms with van der Waals surface area (Å²) in [5, 5.41) is 45.7. The van der Waals surface area contributed by atoms with Crippen molar-refractivity contribution in [2.45, 2.75) is 94.2 Å². The van der Waals surface area contributed by atoms with Crippen LogP contribution in [0, 0.1) is 0 Å². The van der Waals surface area contributed by atoms with Gasteiger partial charge in [0.05, 0.1) is 37.6 Å². The number of rotatable bonds is 28. The number of aliphatic hydroxyl groups excluding tert-OH is 1. The van der Waals surface area contributed by atoms with E-state index in [9.17, 15) is 58.5 Å². The fourth-order valence-electron chi connectivity index (χ4n) is 6.21. The average molecular weight is 908 g/mol. The van der Waals surface area contributed by atoms with Crippen molar-refractivity contribution in [1.29, 1.82) is 0 Å². The minimum absolute atomic E-state index is 0.0267. The number of nitrogens with two attached hydrogens (primary N) is 2. The van der Waals surface area contributed by atoms with Crippen LogP contribution in [0.5, 0.6) is 0 Å². The number of unbranched alkanes of at least 4 members (excludes halogenated alkanes) is 1. The highest BCUT2D eigenvalue weighted by Crippen LogP contribution is 2.08. The second-order valence-corrected chi connectivity index (χ2v) is 15.0. The van der Waals surface area contributed by atoms with Crippen molar-refractivity contribution in [2.75, 3.05) is 19.7 Å². The van der Waals surface area contributed by atoms with Crippen LogP contribution < -0.4 is 48.7 Å². The number of nitrogens with zero attached hydrogens (tertiary/aromatic N) is 1. The lowest BCUT2D eigenvalue weighted by Gasteiger charge is -2.25. The summed E-state index contributed by atoms with van der Waals surface area (Å²) >= 11 is 0. The fourth-order valence-corrected chi connectivity index (χ4v) is 6.21. The van der Waals surface area contributed by atoms with E-state index in [1.807, 2.05) is 0 Å². The predicted molar refractivity (Wildman–Crippen MR) is 231 cm³/mol. The van der Waals surface area contributed by atoms with Gasteiger partial charge in [0.1, 0.15) is 36.3 Å². The molecule has 2 aromatic carbocycles. The Hall–Kier alpha value is -7.24. The molecule has 0 spiro atoms. The van der Waals surface area contributed by atoms with Gasteiger partial charge in [0.2, 0.25) is 41.4 Å². The van der Waals surface area contributed by atoms with Gasteiger partial charge in [-0.2, -0.15) is 0 Å². The van der Waals surface area contributed by atoms with Crippen molar-refractivity contribution >= 4 is 53.3 Å². The number of carbonyl (C=O) groups is 9. The second-order valence-electron chi connectivity index (χ2n) is 15.0. The van der Waals surface area contributed by atoms with Crippen LogP contribution in [0.1, 0.15) is 49.4 Å². The van der Waals surface area contributed by atoms with Gasteiger partial charge in [0, 0.05) is 19.0 Å². The first-order valence-corrected chi connectivity index (χ1v) is 20.7. The molecule has 0 aliphatic carbocycles. The molecule has 0 aliphatic rings. The summed E-state index contributed by atoms with van der Waals surface area (Å²) in [6.45, 7) is -0.209. The van der Waals surface area contributed by atoms with Gasteiger partial charge in [-0.1, -0.05) is 60.7 Å². The third-order valence-electron chi connectivity index (χ3n) is 9.73. The maximum absolute atomic E-state index is 13.5. The van der Waals surface area contributed by atoms with Gasteiger partial charge >= 0.3 is 11.9 Å². The molecule has 0 bridgehead atoms. The number of benzene rings is 2. The quantitative estimate of drug-likeness (QED) is 0.0314. The number of nitrogens with one attached hydrogen (secondary N) is 8. The summed E-state index contributed by atoms with van der Waals surface area (Å²) in [5.74, 6) is -9.38. The average Bonchev–Trinajstić information content (AvgIpc) is 3.79. The highest BCUT2D eigenvalue weighted by atomic mass is 16.4. The molecule has 3 rings (SSSR count). The van der Waals surface area contributed by atoms with Gasteiger partial charge in [-0.05, 0) is 50.3 Å². The lowest BCUT2D eigenvalue weighted by Crippen LogP contribution is -2.60. The smallest absolute Gasteiger partial charge is 0.326 e. The van der Waals surface area contributed by atoms with Crippen molar-refractivity contribution in [3.8, 4) is 0 Å². The van der Waals surface area contributed by atoms with Crippen molar-refractivity contribution in [1.82, 2.24) is 47.2 Å². The summed E-state index contributed by atoms with van der Waals surface area (Å²) < 4.78 is 0. The predicted octanol–water partition coefficient (Wildman–Crippen LogP) is -3.51. The summed E-state index contributed by atoms with van der Waals surface area (Å²) in [6.07, 6.45) is 2.62. The molecule has 7 atom stereocenters. The lowest BCUT2D eigenvalue weighted by molar-refractivity contribution is -0.142. The molecule has 65 heavy (non-hydrogen) atoms. The van der Waals surface area contributed by atoms with Crippen LogP contribution in [0.25, 0.3) is 0 Å². The SMILES string of the molecule is C[C@H](NC(=O)[C@H](CO)NC(=O)[C@H](CC(=O)O)NC(=O)[C@H](CCCCN)NC(=O)[C@@H](N)Cc1ccccc1)C(=O)N[C@@H](Cc1c[nH]cn1)C(=O)NCC(=O)N[C@@H](Cc1ccccc1)C(=O)O. The van der Waals surface area contributed by atoms with Crippen molar-refractivity contribution in [3.63, 3.8) is 0 Å². The zero-order valence-corrected chi connectivity index (χ0v) is 35.7. The van der Waals surface area contributed by atoms with Gasteiger partial charge < -0.3 is 69.0 Å². The number of carboxylic acids is 2. The number of imidazole rings is 1. The molecule has 352 valence electrons. The first kappa shape index (κ1) is 52.1. The van der Waals surface area contributed by atoms with Gasteiger partial charge in [-0.25, -0.2) is 9.78 Å². The summed E-state index contributed by atoms with van der Waals surface area (Å²) in [5.41, 5.74) is 13.4. The van der Waals surface area contributed by atoms with Gasteiger partial charge in [0.25, 0.3) is 0 Å². The van der Waals surface area contributed by atoms with Crippen LogP contribution in [0.15, 0.2) is 73.2 Å². The normalized spacial score (nSPS) is 14.1. The van der Waals surface area contributed by atoms with Crippen LogP contribution in [0.4, 0.5) is 0 Å². The number of hydrogen-bond acceptors (Lipinski definition) is 13. The van der Waals surface area contributed by atoms with E-state index in [-0.39, 0.29) is 32.2 Å². The van der Waals surface area contributed by atoms with E-state index in [2.05, 4.69) is 47.2 Å². The molecule has 3 aromatic rings. The number of amides is 7. The van der Waals surface area contributed by atoms with Crippen molar-refractivity contribution in [2.24, 2.45) is 11.5 Å². The van der Waals surface area contributed by atoms with E-state index >= 15 is 0 Å². The summed E-state index contributed by atoms with van der Waals surface area (Å²) in [7, 11) is 0. The van der Waals surface area contributed by atoms with E-state index in [0.29, 0.717) is 24.1 Å². The van der Waals surface area contributed by atoms with Crippen LogP contribution >= 0.6 is 0 Å². The Bertz CT molecular complexity index is 2060. The topological polar surface area (TPSA) is 379 Å². The molecule has 0 saturated heterocycles. The van der Waals surface area contributed by atoms with E-state index in [4.69, 9.17) is 11.5 Å². The lowest BCUT2D eigenvalue weighted by atomic mass is 10.0. The first-order valence-electron chi connectivity index (χ1n) is 20.7. The first-order chi connectivity index (χ1) is 31.0. The number of carbonyl (C=O) groups excluding carboxylic acids is 7. The maximum Gasteiger partial charge on any atom is 0.326 e. The standard InChI is InChI=1S/C42H57N11O12/c1-24(36(58)51-30(18-27-20-45-23-47-27)38(60)46-21-34(55)49-32(42(64)65)17-26-12-6-3-7-13-26)48-41(63)33(22-54)53-40(62)31(19-35(56)57)52-39(61)29(14-8-9-15-43)50-37(59)28(44)16-25-10-4-2-5-11-25/h2-7,10-13,20,23-24,28-33,54H,8-9,14-19,21-22,43-44H2,1H3,(H,45,47)(H,46,60)(H,48,63)(H,49,55)(H,50,59)(H,51,58)(H,52,61)(H,53,62)(H,56,57)(H,64,65)/t24-,28-,29-,30-,31-,32-,33-/m0/s1. The zero-order chi connectivity index (χ0) is 47.9. The van der Waals surface area contributed by atoms with Gasteiger partial charge in [0.15, 0.2) is 0 Å². The van der Waals surface area contributed by atoms with Crippen LogP contribution in [-0.2, 0) is 62.4 Å². The highest BCUT2D eigenvalue weighted by molar-refractivity contribution is 5.98.